The Morgan fingerprint density at radius 3 is 2.76 bits per heavy atom. The van der Waals surface area contributed by atoms with Crippen LogP contribution in [-0.2, 0) is 0 Å². The van der Waals surface area contributed by atoms with E-state index < -0.39 is 0 Å². The van der Waals surface area contributed by atoms with Crippen molar-refractivity contribution in [3.63, 3.8) is 0 Å². The number of likely N-dealkylation sites (tertiary alicyclic amines) is 1. The summed E-state index contributed by atoms with van der Waals surface area (Å²) in [6, 6.07) is 8.63. The number of para-hydroxylation sites is 1. The summed E-state index contributed by atoms with van der Waals surface area (Å²) >= 11 is 6.10. The summed E-state index contributed by atoms with van der Waals surface area (Å²) in [4.78, 5) is 2.55. The molecular weight excluding hydrogens is 232 g/mol. The summed E-state index contributed by atoms with van der Waals surface area (Å²) < 4.78 is 0. The molecule has 2 atom stereocenters. The fourth-order valence-corrected chi connectivity index (χ4v) is 2.84. The maximum Gasteiger partial charge on any atom is 0.0637 e. The van der Waals surface area contributed by atoms with E-state index in [1.54, 1.807) is 0 Å². The van der Waals surface area contributed by atoms with Gasteiger partial charge in [0.1, 0.15) is 0 Å². The SMILES string of the molecule is CC1CC(C)N(CCNc2ccccc2Cl)C1. The van der Waals surface area contributed by atoms with Crippen LogP contribution in [0.1, 0.15) is 20.3 Å². The summed E-state index contributed by atoms with van der Waals surface area (Å²) in [5, 5.41) is 4.20. The van der Waals surface area contributed by atoms with Crippen LogP contribution in [-0.4, -0.2) is 30.6 Å². The minimum Gasteiger partial charge on any atom is -0.383 e. The van der Waals surface area contributed by atoms with Gasteiger partial charge in [-0.15, -0.1) is 0 Å². The third kappa shape index (κ3) is 3.36. The van der Waals surface area contributed by atoms with Crippen LogP contribution in [0.5, 0.6) is 0 Å². The lowest BCUT2D eigenvalue weighted by Gasteiger charge is -2.21. The Bertz CT molecular complexity index is 367. The normalized spacial score (nSPS) is 25.1. The van der Waals surface area contributed by atoms with Gasteiger partial charge >= 0.3 is 0 Å². The number of nitrogens with zero attached hydrogens (tertiary/aromatic N) is 1. The molecule has 0 radical (unpaired) electrons. The van der Waals surface area contributed by atoms with E-state index in [1.807, 2.05) is 24.3 Å². The van der Waals surface area contributed by atoms with Crippen molar-refractivity contribution in [2.24, 2.45) is 5.92 Å². The van der Waals surface area contributed by atoms with Gasteiger partial charge in [0, 0.05) is 25.7 Å². The van der Waals surface area contributed by atoms with Gasteiger partial charge < -0.3 is 5.32 Å². The maximum atomic E-state index is 6.10. The van der Waals surface area contributed by atoms with Gasteiger partial charge in [-0.2, -0.15) is 0 Å². The summed E-state index contributed by atoms with van der Waals surface area (Å²) in [6.07, 6.45) is 1.33. The zero-order chi connectivity index (χ0) is 12.3. The van der Waals surface area contributed by atoms with Gasteiger partial charge in [-0.25, -0.2) is 0 Å². The Labute approximate surface area is 109 Å². The van der Waals surface area contributed by atoms with Crippen LogP contribution in [0.15, 0.2) is 24.3 Å². The average molecular weight is 253 g/mol. The Kier molecular flexibility index (Phi) is 4.30. The zero-order valence-electron chi connectivity index (χ0n) is 10.6. The van der Waals surface area contributed by atoms with Crippen molar-refractivity contribution < 1.29 is 0 Å². The molecular formula is C14H21ClN2. The largest absolute Gasteiger partial charge is 0.383 e. The number of hydrogen-bond donors (Lipinski definition) is 1. The van der Waals surface area contributed by atoms with E-state index in [0.717, 1.165) is 35.8 Å². The summed E-state index contributed by atoms with van der Waals surface area (Å²) in [5.74, 6) is 0.838. The second-order valence-corrected chi connectivity index (χ2v) is 5.50. The van der Waals surface area contributed by atoms with Crippen LogP contribution in [0.25, 0.3) is 0 Å². The molecule has 0 spiro atoms. The third-order valence-electron chi connectivity index (χ3n) is 3.50. The fraction of sp³-hybridized carbons (Fsp3) is 0.571. The van der Waals surface area contributed by atoms with E-state index in [4.69, 9.17) is 11.6 Å². The average Bonchev–Trinajstić information content (AvgIpc) is 2.60. The molecule has 3 heteroatoms. The second-order valence-electron chi connectivity index (χ2n) is 5.09. The molecule has 1 fully saturated rings. The van der Waals surface area contributed by atoms with Crippen LogP contribution >= 0.6 is 11.6 Å². The molecule has 1 aromatic carbocycles. The molecule has 2 nitrogen and oxygen atoms in total. The summed E-state index contributed by atoms with van der Waals surface area (Å²) in [6.45, 7) is 7.93. The van der Waals surface area contributed by atoms with Crippen LogP contribution in [0.3, 0.4) is 0 Å². The van der Waals surface area contributed by atoms with Crippen LogP contribution in [0.4, 0.5) is 5.69 Å². The Morgan fingerprint density at radius 1 is 1.35 bits per heavy atom. The molecule has 1 saturated heterocycles. The zero-order valence-corrected chi connectivity index (χ0v) is 11.4. The number of rotatable bonds is 4. The van der Waals surface area contributed by atoms with E-state index >= 15 is 0 Å². The molecule has 1 N–H and O–H groups in total. The minimum absolute atomic E-state index is 0.720. The van der Waals surface area contributed by atoms with Gasteiger partial charge in [0.15, 0.2) is 0 Å². The molecule has 0 aromatic heterocycles. The van der Waals surface area contributed by atoms with Gasteiger partial charge in [0.25, 0.3) is 0 Å². The van der Waals surface area contributed by atoms with Crippen molar-refractivity contribution in [2.75, 3.05) is 25.0 Å². The highest BCUT2D eigenvalue weighted by atomic mass is 35.5. The molecule has 0 saturated carbocycles. The molecule has 17 heavy (non-hydrogen) atoms. The van der Waals surface area contributed by atoms with E-state index in [1.165, 1.54) is 13.0 Å². The molecule has 1 aliphatic heterocycles. The lowest BCUT2D eigenvalue weighted by molar-refractivity contribution is 0.275. The molecule has 1 aromatic rings. The fourth-order valence-electron chi connectivity index (χ4n) is 2.64. The lowest BCUT2D eigenvalue weighted by Crippen LogP contribution is -2.32. The first kappa shape index (κ1) is 12.7. The van der Waals surface area contributed by atoms with E-state index in [-0.39, 0.29) is 0 Å². The first-order valence-electron chi connectivity index (χ1n) is 6.39. The van der Waals surface area contributed by atoms with Crippen LogP contribution in [0, 0.1) is 5.92 Å². The van der Waals surface area contributed by atoms with Crippen molar-refractivity contribution >= 4 is 17.3 Å². The predicted octanol–water partition coefficient (Wildman–Crippen LogP) is 3.48. The Hall–Kier alpha value is -0.730. The molecule has 1 heterocycles. The maximum absolute atomic E-state index is 6.10. The van der Waals surface area contributed by atoms with Crippen molar-refractivity contribution in [1.82, 2.24) is 4.90 Å². The van der Waals surface area contributed by atoms with Crippen molar-refractivity contribution in [3.8, 4) is 0 Å². The summed E-state index contributed by atoms with van der Waals surface area (Å²) in [5.41, 5.74) is 1.04. The van der Waals surface area contributed by atoms with Gasteiger partial charge in [-0.3, -0.25) is 4.90 Å². The third-order valence-corrected chi connectivity index (χ3v) is 3.83. The molecule has 0 amide bonds. The molecule has 1 aliphatic rings. The van der Waals surface area contributed by atoms with Crippen molar-refractivity contribution in [1.29, 1.82) is 0 Å². The number of hydrogen-bond acceptors (Lipinski definition) is 2. The van der Waals surface area contributed by atoms with E-state index in [0.29, 0.717) is 0 Å². The number of halogens is 1. The van der Waals surface area contributed by atoms with E-state index in [2.05, 4.69) is 24.1 Å². The second kappa shape index (κ2) is 5.74. The van der Waals surface area contributed by atoms with Gasteiger partial charge in [-0.05, 0) is 31.4 Å². The smallest absolute Gasteiger partial charge is 0.0637 e. The van der Waals surface area contributed by atoms with E-state index in [9.17, 15) is 0 Å². The van der Waals surface area contributed by atoms with Gasteiger partial charge in [-0.1, -0.05) is 30.7 Å². The predicted molar refractivity (Wildman–Crippen MR) is 74.8 cm³/mol. The summed E-state index contributed by atoms with van der Waals surface area (Å²) in [7, 11) is 0. The molecule has 2 unspecified atom stereocenters. The Morgan fingerprint density at radius 2 is 2.12 bits per heavy atom. The quantitative estimate of drug-likeness (QED) is 0.883. The molecule has 0 bridgehead atoms. The number of nitrogens with one attached hydrogen (secondary N) is 1. The van der Waals surface area contributed by atoms with Gasteiger partial charge in [0.05, 0.1) is 10.7 Å². The minimum atomic E-state index is 0.720. The standard InChI is InChI=1S/C14H21ClN2/c1-11-9-12(2)17(10-11)8-7-16-14-6-4-3-5-13(14)15/h3-6,11-12,16H,7-10H2,1-2H3. The monoisotopic (exact) mass is 252 g/mol. The van der Waals surface area contributed by atoms with Crippen molar-refractivity contribution in [2.45, 2.75) is 26.3 Å². The topological polar surface area (TPSA) is 15.3 Å². The van der Waals surface area contributed by atoms with Crippen LogP contribution < -0.4 is 5.32 Å². The highest BCUT2D eigenvalue weighted by molar-refractivity contribution is 6.33. The first-order valence-corrected chi connectivity index (χ1v) is 6.77. The number of benzene rings is 1. The number of anilines is 1. The van der Waals surface area contributed by atoms with Crippen LogP contribution in [0.2, 0.25) is 5.02 Å². The molecule has 0 aliphatic carbocycles. The highest BCUT2D eigenvalue weighted by Crippen LogP contribution is 2.23. The first-order chi connectivity index (χ1) is 8.16. The Balaban J connectivity index is 1.78. The van der Waals surface area contributed by atoms with Gasteiger partial charge in [0.2, 0.25) is 0 Å². The lowest BCUT2D eigenvalue weighted by atomic mass is 10.1. The molecule has 94 valence electrons. The highest BCUT2D eigenvalue weighted by Gasteiger charge is 2.25. The molecule has 2 rings (SSSR count). The van der Waals surface area contributed by atoms with Crippen molar-refractivity contribution in [3.05, 3.63) is 29.3 Å².